The summed E-state index contributed by atoms with van der Waals surface area (Å²) in [5.41, 5.74) is 0.806. The molecule has 7 heteroatoms. The first-order chi connectivity index (χ1) is 9.08. The molecule has 0 aliphatic carbocycles. The van der Waals surface area contributed by atoms with Crippen molar-refractivity contribution in [2.45, 2.75) is 6.61 Å². The molecule has 98 valence electrons. The number of non-ortho nitro benzene ring substituents is 1. The number of rotatable bonds is 4. The van der Waals surface area contributed by atoms with Crippen LogP contribution in [0.25, 0.3) is 0 Å². The summed E-state index contributed by atoms with van der Waals surface area (Å²) in [5, 5.41) is 10.9. The lowest BCUT2D eigenvalue weighted by Gasteiger charge is -2.08. The minimum Gasteiger partial charge on any atom is -0.486 e. The summed E-state index contributed by atoms with van der Waals surface area (Å²) in [6.45, 7) is 0.240. The van der Waals surface area contributed by atoms with Crippen LogP contribution in [0, 0.1) is 10.1 Å². The first-order valence-electron chi connectivity index (χ1n) is 5.24. The van der Waals surface area contributed by atoms with E-state index in [1.165, 1.54) is 12.1 Å². The van der Waals surface area contributed by atoms with Crippen molar-refractivity contribution in [2.24, 2.45) is 0 Å². The molecule has 0 atom stereocenters. The van der Waals surface area contributed by atoms with Gasteiger partial charge in [0.15, 0.2) is 10.9 Å². The molecule has 19 heavy (non-hydrogen) atoms. The van der Waals surface area contributed by atoms with E-state index in [4.69, 9.17) is 16.3 Å². The summed E-state index contributed by atoms with van der Waals surface area (Å²) in [7, 11) is 0. The zero-order valence-corrected chi connectivity index (χ0v) is 11.9. The predicted molar refractivity (Wildman–Crippen MR) is 74.4 cm³/mol. The van der Waals surface area contributed by atoms with Gasteiger partial charge in [0.05, 0.1) is 4.92 Å². The average molecular weight is 344 g/mol. The second kappa shape index (κ2) is 5.99. The molecule has 1 aromatic carbocycles. The zero-order chi connectivity index (χ0) is 13.8. The molecule has 0 radical (unpaired) electrons. The number of nitro groups is 1. The fraction of sp³-hybridized carbons (Fsp3) is 0.0833. The van der Waals surface area contributed by atoms with Crippen molar-refractivity contribution in [3.05, 3.63) is 61.8 Å². The maximum atomic E-state index is 10.6. The molecule has 2 rings (SSSR count). The van der Waals surface area contributed by atoms with E-state index in [2.05, 4.69) is 20.9 Å². The fourth-order valence-electron chi connectivity index (χ4n) is 1.40. The second-order valence-corrected chi connectivity index (χ2v) is 4.83. The number of benzene rings is 1. The van der Waals surface area contributed by atoms with Gasteiger partial charge in [0.1, 0.15) is 6.61 Å². The Hall–Kier alpha value is -1.66. The summed E-state index contributed by atoms with van der Waals surface area (Å²) >= 11 is 9.13. The quantitative estimate of drug-likeness (QED) is 0.478. The molecule has 0 saturated carbocycles. The standard InChI is InChI=1S/C12H8BrClN2O3/c13-10-6-9(16(17)18)4-3-8(10)7-19-11-2-1-5-15-12(11)14/h1-6H,7H2. The maximum Gasteiger partial charge on any atom is 0.270 e. The van der Waals surface area contributed by atoms with Crippen LogP contribution >= 0.6 is 27.5 Å². The largest absolute Gasteiger partial charge is 0.486 e. The molecule has 0 spiro atoms. The number of nitrogens with zero attached hydrogens (tertiary/aromatic N) is 2. The Bertz CT molecular complexity index is 622. The van der Waals surface area contributed by atoms with Crippen LogP contribution in [0.15, 0.2) is 41.0 Å². The third kappa shape index (κ3) is 3.42. The Morgan fingerprint density at radius 3 is 2.84 bits per heavy atom. The van der Waals surface area contributed by atoms with Gasteiger partial charge in [-0.15, -0.1) is 0 Å². The molecule has 1 aromatic heterocycles. The molecule has 0 fully saturated rings. The van der Waals surface area contributed by atoms with E-state index in [-0.39, 0.29) is 17.4 Å². The van der Waals surface area contributed by atoms with Gasteiger partial charge in [-0.1, -0.05) is 27.5 Å². The highest BCUT2D eigenvalue weighted by molar-refractivity contribution is 9.10. The van der Waals surface area contributed by atoms with E-state index in [1.807, 2.05) is 0 Å². The molecule has 0 N–H and O–H groups in total. The third-order valence-electron chi connectivity index (χ3n) is 2.36. The van der Waals surface area contributed by atoms with Crippen molar-refractivity contribution in [3.63, 3.8) is 0 Å². The van der Waals surface area contributed by atoms with Crippen molar-refractivity contribution in [1.29, 1.82) is 0 Å². The lowest BCUT2D eigenvalue weighted by atomic mass is 10.2. The van der Waals surface area contributed by atoms with Gasteiger partial charge in [0.2, 0.25) is 0 Å². The number of aromatic nitrogens is 1. The van der Waals surface area contributed by atoms with Crippen molar-refractivity contribution in [1.82, 2.24) is 4.98 Å². The SMILES string of the molecule is O=[N+]([O-])c1ccc(COc2cccnc2Cl)c(Br)c1. The number of ether oxygens (including phenoxy) is 1. The Morgan fingerprint density at radius 1 is 1.42 bits per heavy atom. The van der Waals surface area contributed by atoms with Gasteiger partial charge in [-0.25, -0.2) is 4.98 Å². The van der Waals surface area contributed by atoms with Crippen LogP contribution in [-0.2, 0) is 6.61 Å². The maximum absolute atomic E-state index is 10.6. The number of halogens is 2. The summed E-state index contributed by atoms with van der Waals surface area (Å²) in [4.78, 5) is 14.1. The van der Waals surface area contributed by atoms with Crippen LogP contribution in [0.2, 0.25) is 5.15 Å². The van der Waals surface area contributed by atoms with Crippen LogP contribution < -0.4 is 4.74 Å². The van der Waals surface area contributed by atoms with Crippen LogP contribution in [0.1, 0.15) is 5.56 Å². The average Bonchev–Trinajstić information content (AvgIpc) is 2.39. The van der Waals surface area contributed by atoms with Crippen LogP contribution in [0.3, 0.4) is 0 Å². The van der Waals surface area contributed by atoms with Gasteiger partial charge in [-0.3, -0.25) is 10.1 Å². The summed E-state index contributed by atoms with van der Waals surface area (Å²) in [5.74, 6) is 0.467. The molecule has 0 aliphatic heterocycles. The molecule has 0 bridgehead atoms. The highest BCUT2D eigenvalue weighted by Gasteiger charge is 2.10. The van der Waals surface area contributed by atoms with Crippen molar-refractivity contribution in [3.8, 4) is 5.75 Å². The Kier molecular flexibility index (Phi) is 4.34. The van der Waals surface area contributed by atoms with E-state index in [1.54, 1.807) is 24.4 Å². The second-order valence-electron chi connectivity index (χ2n) is 3.61. The minimum absolute atomic E-state index is 0.0232. The van der Waals surface area contributed by atoms with Crippen molar-refractivity contribution in [2.75, 3.05) is 0 Å². The molecule has 5 nitrogen and oxygen atoms in total. The molecule has 0 aliphatic rings. The van der Waals surface area contributed by atoms with Crippen LogP contribution in [0.5, 0.6) is 5.75 Å². The first-order valence-corrected chi connectivity index (χ1v) is 6.41. The van der Waals surface area contributed by atoms with Crippen molar-refractivity contribution < 1.29 is 9.66 Å². The van der Waals surface area contributed by atoms with Gasteiger partial charge in [-0.05, 0) is 18.2 Å². The predicted octanol–water partition coefficient (Wildman–Crippen LogP) is 3.98. The summed E-state index contributed by atoms with van der Waals surface area (Å²) in [6.07, 6.45) is 1.57. The highest BCUT2D eigenvalue weighted by Crippen LogP contribution is 2.26. The molecule has 2 aromatic rings. The summed E-state index contributed by atoms with van der Waals surface area (Å²) < 4.78 is 6.12. The van der Waals surface area contributed by atoms with Gasteiger partial charge in [0.25, 0.3) is 5.69 Å². The molecular weight excluding hydrogens is 336 g/mol. The van der Waals surface area contributed by atoms with E-state index in [0.717, 1.165) is 5.56 Å². The van der Waals surface area contributed by atoms with Gasteiger partial charge >= 0.3 is 0 Å². The van der Waals surface area contributed by atoms with Gasteiger partial charge in [0, 0.05) is 28.4 Å². The first kappa shape index (κ1) is 13.8. The molecule has 0 amide bonds. The monoisotopic (exact) mass is 342 g/mol. The number of hydrogen-bond acceptors (Lipinski definition) is 4. The van der Waals surface area contributed by atoms with Gasteiger partial charge < -0.3 is 4.74 Å². The fourth-order valence-corrected chi connectivity index (χ4v) is 2.06. The van der Waals surface area contributed by atoms with Crippen LogP contribution in [0.4, 0.5) is 5.69 Å². The normalized spacial score (nSPS) is 10.2. The Balaban J connectivity index is 2.12. The molecule has 1 heterocycles. The zero-order valence-electron chi connectivity index (χ0n) is 9.55. The Labute approximate surface area is 122 Å². The van der Waals surface area contributed by atoms with Gasteiger partial charge in [-0.2, -0.15) is 0 Å². The van der Waals surface area contributed by atoms with Crippen LogP contribution in [-0.4, -0.2) is 9.91 Å². The highest BCUT2D eigenvalue weighted by atomic mass is 79.9. The lowest BCUT2D eigenvalue weighted by Crippen LogP contribution is -1.98. The van der Waals surface area contributed by atoms with E-state index in [9.17, 15) is 10.1 Å². The Morgan fingerprint density at radius 2 is 2.21 bits per heavy atom. The third-order valence-corrected chi connectivity index (χ3v) is 3.38. The number of nitro benzene ring substituents is 1. The van der Waals surface area contributed by atoms with E-state index >= 15 is 0 Å². The molecular formula is C12H8BrClN2O3. The minimum atomic E-state index is -0.451. The number of hydrogen-bond donors (Lipinski definition) is 0. The lowest BCUT2D eigenvalue weighted by molar-refractivity contribution is -0.384. The topological polar surface area (TPSA) is 65.3 Å². The number of pyridine rings is 1. The molecule has 0 unspecified atom stereocenters. The van der Waals surface area contributed by atoms with E-state index in [0.29, 0.717) is 10.2 Å². The van der Waals surface area contributed by atoms with Crippen molar-refractivity contribution >= 4 is 33.2 Å². The molecule has 0 saturated heterocycles. The smallest absolute Gasteiger partial charge is 0.270 e. The summed E-state index contributed by atoms with van der Waals surface area (Å²) in [6, 6.07) is 7.91. The van der Waals surface area contributed by atoms with E-state index < -0.39 is 4.92 Å².